The lowest BCUT2D eigenvalue weighted by atomic mass is 10.2. The van der Waals surface area contributed by atoms with Crippen molar-refractivity contribution in [2.45, 2.75) is 6.61 Å². The average molecular weight is 286 g/mol. The lowest BCUT2D eigenvalue weighted by Gasteiger charge is -2.07. The zero-order valence-corrected chi connectivity index (χ0v) is 10.1. The van der Waals surface area contributed by atoms with Gasteiger partial charge >= 0.3 is 0 Å². The number of benzene rings is 1. The summed E-state index contributed by atoms with van der Waals surface area (Å²) < 4.78 is 5.25. The van der Waals surface area contributed by atoms with E-state index in [2.05, 4.69) is 15.9 Å². The molecule has 3 N–H and O–H groups in total. The van der Waals surface area contributed by atoms with Crippen molar-refractivity contribution < 1.29 is 14.6 Å². The number of aliphatic hydroxyl groups excluding tert-OH is 1. The first kappa shape index (κ1) is 12.7. The van der Waals surface area contributed by atoms with Gasteiger partial charge in [0.25, 0.3) is 0 Å². The smallest absolute Gasteiger partial charge is 0.202 e. The van der Waals surface area contributed by atoms with Crippen molar-refractivity contribution in [3.63, 3.8) is 0 Å². The molecule has 0 heterocycles. The molecule has 0 bridgehead atoms. The molecule has 0 spiro atoms. The Kier molecular flexibility index (Phi) is 5.01. The topological polar surface area (TPSA) is 72.5 Å². The van der Waals surface area contributed by atoms with Gasteiger partial charge in [0.1, 0.15) is 17.7 Å². The van der Waals surface area contributed by atoms with Crippen LogP contribution in [-0.4, -0.2) is 17.5 Å². The highest BCUT2D eigenvalue weighted by Crippen LogP contribution is 2.12. The van der Waals surface area contributed by atoms with E-state index in [1.807, 2.05) is 30.3 Å². The second kappa shape index (κ2) is 6.30. The standard InChI is InChI=1S/C11H12BrNO3/c12-10(9(15)6-14)11(13)16-7-8-4-2-1-3-5-8/h1-5,14H,6-7,13H2. The summed E-state index contributed by atoms with van der Waals surface area (Å²) in [6.45, 7) is -0.323. The molecule has 0 aromatic heterocycles. The van der Waals surface area contributed by atoms with Crippen LogP contribution in [0, 0.1) is 0 Å². The van der Waals surface area contributed by atoms with Gasteiger partial charge in [-0.25, -0.2) is 0 Å². The SMILES string of the molecule is NC(OCc1ccccc1)=C(Br)C(=O)CO. The van der Waals surface area contributed by atoms with E-state index in [0.717, 1.165) is 5.56 Å². The highest BCUT2D eigenvalue weighted by atomic mass is 79.9. The monoisotopic (exact) mass is 285 g/mol. The highest BCUT2D eigenvalue weighted by Gasteiger charge is 2.10. The highest BCUT2D eigenvalue weighted by molar-refractivity contribution is 9.12. The lowest BCUT2D eigenvalue weighted by molar-refractivity contribution is -0.117. The molecule has 0 radical (unpaired) electrons. The van der Waals surface area contributed by atoms with Crippen LogP contribution in [0.4, 0.5) is 0 Å². The fraction of sp³-hybridized carbons (Fsp3) is 0.182. The number of Topliss-reactive ketones (excluding diaryl/α,β-unsaturated/α-hetero) is 1. The molecule has 86 valence electrons. The number of rotatable bonds is 5. The van der Waals surface area contributed by atoms with Crippen molar-refractivity contribution in [2.75, 3.05) is 6.61 Å². The zero-order chi connectivity index (χ0) is 12.0. The number of halogens is 1. The fourth-order valence-corrected chi connectivity index (χ4v) is 1.25. The molecule has 0 saturated heterocycles. The van der Waals surface area contributed by atoms with Crippen molar-refractivity contribution in [1.29, 1.82) is 0 Å². The van der Waals surface area contributed by atoms with Gasteiger partial charge in [0.2, 0.25) is 5.88 Å². The Balaban J connectivity index is 2.59. The summed E-state index contributed by atoms with van der Waals surface area (Å²) in [5.41, 5.74) is 6.47. The molecule has 0 unspecified atom stereocenters. The Bertz CT molecular complexity index is 389. The molecule has 4 nitrogen and oxygen atoms in total. The number of ether oxygens (including phenoxy) is 1. The van der Waals surface area contributed by atoms with Gasteiger partial charge in [-0.15, -0.1) is 0 Å². The Morgan fingerprint density at radius 2 is 2.00 bits per heavy atom. The van der Waals surface area contributed by atoms with Crippen LogP contribution in [0.1, 0.15) is 5.56 Å². The van der Waals surface area contributed by atoms with Gasteiger partial charge in [0.15, 0.2) is 5.78 Å². The van der Waals surface area contributed by atoms with Gasteiger partial charge in [-0.3, -0.25) is 4.79 Å². The molecule has 0 aliphatic heterocycles. The third-order valence-electron chi connectivity index (χ3n) is 1.84. The van der Waals surface area contributed by atoms with Crippen LogP contribution in [0.15, 0.2) is 40.7 Å². The molecule has 5 heteroatoms. The molecule has 0 aliphatic carbocycles. The van der Waals surface area contributed by atoms with Gasteiger partial charge in [0, 0.05) is 0 Å². The number of hydrogen-bond donors (Lipinski definition) is 2. The van der Waals surface area contributed by atoms with E-state index in [0.29, 0.717) is 0 Å². The second-order valence-electron chi connectivity index (χ2n) is 3.03. The first-order chi connectivity index (χ1) is 7.65. The maximum absolute atomic E-state index is 11.0. The van der Waals surface area contributed by atoms with Crippen LogP contribution in [0.5, 0.6) is 0 Å². The molecule has 0 aliphatic rings. The Morgan fingerprint density at radius 1 is 1.38 bits per heavy atom. The Morgan fingerprint density at radius 3 is 2.56 bits per heavy atom. The number of ketones is 1. The third kappa shape index (κ3) is 3.67. The number of nitrogens with two attached hydrogens (primary N) is 1. The van der Waals surface area contributed by atoms with E-state index in [1.165, 1.54) is 0 Å². The summed E-state index contributed by atoms with van der Waals surface area (Å²) >= 11 is 2.96. The molecule has 1 aromatic rings. The van der Waals surface area contributed by atoms with Crippen molar-refractivity contribution in [2.24, 2.45) is 5.73 Å². The molecule has 0 fully saturated rings. The van der Waals surface area contributed by atoms with Crippen molar-refractivity contribution in [1.82, 2.24) is 0 Å². The van der Waals surface area contributed by atoms with Crippen molar-refractivity contribution in [3.8, 4) is 0 Å². The van der Waals surface area contributed by atoms with Crippen LogP contribution in [0.3, 0.4) is 0 Å². The maximum Gasteiger partial charge on any atom is 0.202 e. The van der Waals surface area contributed by atoms with Gasteiger partial charge < -0.3 is 15.6 Å². The summed E-state index contributed by atoms with van der Waals surface area (Å²) in [5.74, 6) is -0.534. The number of hydrogen-bond acceptors (Lipinski definition) is 4. The molecule has 1 aromatic carbocycles. The average Bonchev–Trinajstić information content (AvgIpc) is 2.35. The minimum atomic E-state index is -0.601. The van der Waals surface area contributed by atoms with Crippen LogP contribution < -0.4 is 5.73 Å². The fourth-order valence-electron chi connectivity index (χ4n) is 1.01. The summed E-state index contributed by atoms with van der Waals surface area (Å²) in [5, 5.41) is 8.61. The largest absolute Gasteiger partial charge is 0.474 e. The minimum Gasteiger partial charge on any atom is -0.474 e. The number of carbonyl (C=O) groups excluding carboxylic acids is 1. The molecule has 0 atom stereocenters. The number of aliphatic hydroxyl groups is 1. The maximum atomic E-state index is 11.0. The predicted octanol–water partition coefficient (Wildman–Crippen LogP) is 1.29. The van der Waals surface area contributed by atoms with Crippen LogP contribution in [-0.2, 0) is 16.1 Å². The molecule has 16 heavy (non-hydrogen) atoms. The molecule has 0 saturated carbocycles. The van der Waals surface area contributed by atoms with Crippen molar-refractivity contribution >= 4 is 21.7 Å². The predicted molar refractivity (Wildman–Crippen MR) is 63.5 cm³/mol. The summed E-state index contributed by atoms with van der Waals surface area (Å²) in [6, 6.07) is 9.43. The second-order valence-corrected chi connectivity index (χ2v) is 3.83. The van der Waals surface area contributed by atoms with Gasteiger partial charge in [-0.05, 0) is 21.5 Å². The van der Waals surface area contributed by atoms with Crippen LogP contribution >= 0.6 is 15.9 Å². The molecule has 1 rings (SSSR count). The van der Waals surface area contributed by atoms with E-state index < -0.39 is 12.4 Å². The van der Waals surface area contributed by atoms with E-state index in [4.69, 9.17) is 15.6 Å². The lowest BCUT2D eigenvalue weighted by Crippen LogP contribution is -2.12. The molecular weight excluding hydrogens is 274 g/mol. The first-order valence-electron chi connectivity index (χ1n) is 4.61. The summed E-state index contributed by atoms with van der Waals surface area (Å²) in [4.78, 5) is 11.0. The first-order valence-corrected chi connectivity index (χ1v) is 5.40. The number of carbonyl (C=O) groups is 1. The van der Waals surface area contributed by atoms with Crippen LogP contribution in [0.2, 0.25) is 0 Å². The Hall–Kier alpha value is -1.33. The van der Waals surface area contributed by atoms with E-state index in [1.54, 1.807) is 0 Å². The van der Waals surface area contributed by atoms with Crippen LogP contribution in [0.25, 0.3) is 0 Å². The third-order valence-corrected chi connectivity index (χ3v) is 2.67. The van der Waals surface area contributed by atoms with E-state index in [-0.39, 0.29) is 17.0 Å². The quantitative estimate of drug-likeness (QED) is 0.632. The van der Waals surface area contributed by atoms with Crippen molar-refractivity contribution in [3.05, 3.63) is 46.3 Å². The Labute approximate surface area is 102 Å². The van der Waals surface area contributed by atoms with Gasteiger partial charge in [-0.2, -0.15) is 0 Å². The van der Waals surface area contributed by atoms with E-state index >= 15 is 0 Å². The minimum absolute atomic E-state index is 0.0251. The zero-order valence-electron chi connectivity index (χ0n) is 8.52. The molecular formula is C11H12BrNO3. The molecule has 0 amide bonds. The van der Waals surface area contributed by atoms with Gasteiger partial charge in [-0.1, -0.05) is 30.3 Å². The van der Waals surface area contributed by atoms with E-state index in [9.17, 15) is 4.79 Å². The summed E-state index contributed by atoms with van der Waals surface area (Å²) in [6.07, 6.45) is 0. The van der Waals surface area contributed by atoms with Gasteiger partial charge in [0.05, 0.1) is 0 Å². The normalized spacial score (nSPS) is 11.9. The summed E-state index contributed by atoms with van der Waals surface area (Å²) in [7, 11) is 0.